The standard InChI is InChI=1S/C20H15F4N3O3/c1-30-17-8-4-13(20(22,23)24)10-16(17)25-19(29)15-7-9-18(28)27(26-15)11-12-2-5-14(21)6-3-12/h2-10H,11H2,1H3,(H,25,29). The molecule has 0 aliphatic rings. The van der Waals surface area contributed by atoms with E-state index in [0.29, 0.717) is 5.56 Å². The summed E-state index contributed by atoms with van der Waals surface area (Å²) >= 11 is 0. The van der Waals surface area contributed by atoms with Gasteiger partial charge in [-0.2, -0.15) is 18.3 Å². The predicted molar refractivity (Wildman–Crippen MR) is 99.9 cm³/mol. The summed E-state index contributed by atoms with van der Waals surface area (Å²) in [6.07, 6.45) is -4.60. The number of carbonyl (C=O) groups is 1. The molecule has 1 amide bonds. The smallest absolute Gasteiger partial charge is 0.416 e. The first-order valence-electron chi connectivity index (χ1n) is 8.56. The van der Waals surface area contributed by atoms with Crippen molar-refractivity contribution >= 4 is 11.6 Å². The highest BCUT2D eigenvalue weighted by molar-refractivity contribution is 6.03. The summed E-state index contributed by atoms with van der Waals surface area (Å²) in [4.78, 5) is 24.6. The van der Waals surface area contributed by atoms with E-state index in [1.165, 1.54) is 31.4 Å². The van der Waals surface area contributed by atoms with Crippen LogP contribution in [-0.4, -0.2) is 22.8 Å². The number of alkyl halides is 3. The van der Waals surface area contributed by atoms with E-state index < -0.39 is 29.0 Å². The molecule has 10 heteroatoms. The van der Waals surface area contributed by atoms with Gasteiger partial charge in [-0.3, -0.25) is 9.59 Å². The Bertz CT molecular complexity index is 1130. The lowest BCUT2D eigenvalue weighted by Gasteiger charge is -2.14. The third-order valence-electron chi connectivity index (χ3n) is 4.12. The van der Waals surface area contributed by atoms with Gasteiger partial charge >= 0.3 is 6.18 Å². The van der Waals surface area contributed by atoms with Gasteiger partial charge in [0, 0.05) is 6.07 Å². The number of hydrogen-bond donors (Lipinski definition) is 1. The quantitative estimate of drug-likeness (QED) is 0.638. The zero-order valence-electron chi connectivity index (χ0n) is 15.5. The molecule has 3 rings (SSSR count). The molecular weight excluding hydrogens is 406 g/mol. The number of nitrogens with zero attached hydrogens (tertiary/aromatic N) is 2. The zero-order valence-corrected chi connectivity index (χ0v) is 15.5. The van der Waals surface area contributed by atoms with Gasteiger partial charge in [-0.05, 0) is 42.0 Å². The Morgan fingerprint density at radius 2 is 1.80 bits per heavy atom. The van der Waals surface area contributed by atoms with Crippen LogP contribution >= 0.6 is 0 Å². The molecule has 30 heavy (non-hydrogen) atoms. The summed E-state index contributed by atoms with van der Waals surface area (Å²) in [5.41, 5.74) is -1.30. The molecular formula is C20H15F4N3O3. The van der Waals surface area contributed by atoms with Gasteiger partial charge in [-0.1, -0.05) is 12.1 Å². The predicted octanol–water partition coefficient (Wildman–Crippen LogP) is 3.71. The molecule has 0 aliphatic carbocycles. The van der Waals surface area contributed by atoms with Crippen LogP contribution in [-0.2, 0) is 12.7 Å². The van der Waals surface area contributed by atoms with Crippen molar-refractivity contribution < 1.29 is 27.1 Å². The fraction of sp³-hybridized carbons (Fsp3) is 0.150. The van der Waals surface area contributed by atoms with Crippen molar-refractivity contribution in [3.05, 3.63) is 87.6 Å². The first kappa shape index (κ1) is 21.0. The Morgan fingerprint density at radius 3 is 2.43 bits per heavy atom. The maximum Gasteiger partial charge on any atom is 0.416 e. The molecule has 1 heterocycles. The van der Waals surface area contributed by atoms with Gasteiger partial charge < -0.3 is 10.1 Å². The number of carbonyl (C=O) groups excluding carboxylic acids is 1. The third kappa shape index (κ3) is 4.83. The van der Waals surface area contributed by atoms with Crippen molar-refractivity contribution in [3.8, 4) is 5.75 Å². The van der Waals surface area contributed by atoms with Crippen LogP contribution in [0.3, 0.4) is 0 Å². The van der Waals surface area contributed by atoms with Crippen LogP contribution in [0.5, 0.6) is 5.75 Å². The van der Waals surface area contributed by atoms with Crippen LogP contribution in [0.1, 0.15) is 21.6 Å². The average Bonchev–Trinajstić information content (AvgIpc) is 2.70. The van der Waals surface area contributed by atoms with Gasteiger partial charge in [0.1, 0.15) is 17.3 Å². The van der Waals surface area contributed by atoms with Crippen molar-refractivity contribution in [1.29, 1.82) is 0 Å². The highest BCUT2D eigenvalue weighted by Crippen LogP contribution is 2.35. The molecule has 0 radical (unpaired) electrons. The van der Waals surface area contributed by atoms with Gasteiger partial charge in [0.05, 0.1) is 24.9 Å². The molecule has 6 nitrogen and oxygen atoms in total. The number of ether oxygens (including phenoxy) is 1. The lowest BCUT2D eigenvalue weighted by atomic mass is 10.1. The normalized spacial score (nSPS) is 11.2. The summed E-state index contributed by atoms with van der Waals surface area (Å²) in [6.45, 7) is -0.0207. The summed E-state index contributed by atoms with van der Waals surface area (Å²) < 4.78 is 57.9. The van der Waals surface area contributed by atoms with Crippen LogP contribution < -0.4 is 15.6 Å². The number of anilines is 1. The van der Waals surface area contributed by atoms with E-state index in [2.05, 4.69) is 10.4 Å². The van der Waals surface area contributed by atoms with E-state index in [1.807, 2.05) is 0 Å². The number of hydrogen-bond acceptors (Lipinski definition) is 4. The fourth-order valence-corrected chi connectivity index (χ4v) is 2.61. The molecule has 1 aromatic heterocycles. The minimum Gasteiger partial charge on any atom is -0.495 e. The molecule has 2 aromatic carbocycles. The number of benzene rings is 2. The molecule has 0 fully saturated rings. The minimum absolute atomic E-state index is 0.0207. The monoisotopic (exact) mass is 421 g/mol. The van der Waals surface area contributed by atoms with Crippen molar-refractivity contribution in [3.63, 3.8) is 0 Å². The summed E-state index contributed by atoms with van der Waals surface area (Å²) in [5.74, 6) is -1.25. The Hall–Kier alpha value is -3.69. The fourth-order valence-electron chi connectivity index (χ4n) is 2.61. The zero-order chi connectivity index (χ0) is 21.9. The second kappa shape index (κ2) is 8.36. The van der Waals surface area contributed by atoms with Crippen LogP contribution in [0.2, 0.25) is 0 Å². The van der Waals surface area contributed by atoms with Crippen molar-refractivity contribution in [2.24, 2.45) is 0 Å². The number of nitrogens with one attached hydrogen (secondary N) is 1. The molecule has 0 atom stereocenters. The van der Waals surface area contributed by atoms with Crippen LogP contribution in [0.25, 0.3) is 0 Å². The maximum atomic E-state index is 13.0. The molecule has 0 bridgehead atoms. The van der Waals surface area contributed by atoms with Crippen molar-refractivity contribution in [1.82, 2.24) is 9.78 Å². The molecule has 156 valence electrons. The second-order valence-corrected chi connectivity index (χ2v) is 6.21. The molecule has 3 aromatic rings. The lowest BCUT2D eigenvalue weighted by molar-refractivity contribution is -0.137. The van der Waals surface area contributed by atoms with E-state index in [-0.39, 0.29) is 23.7 Å². The van der Waals surface area contributed by atoms with E-state index >= 15 is 0 Å². The highest BCUT2D eigenvalue weighted by Gasteiger charge is 2.31. The Balaban J connectivity index is 1.87. The first-order chi connectivity index (χ1) is 14.2. The van der Waals surface area contributed by atoms with Crippen LogP contribution in [0.15, 0.2) is 59.4 Å². The molecule has 0 saturated heterocycles. The lowest BCUT2D eigenvalue weighted by Crippen LogP contribution is -2.26. The Labute approximate surface area is 167 Å². The molecule has 0 spiro atoms. The van der Waals surface area contributed by atoms with Crippen molar-refractivity contribution in [2.45, 2.75) is 12.7 Å². The Kier molecular flexibility index (Phi) is 5.86. The van der Waals surface area contributed by atoms with E-state index in [9.17, 15) is 27.2 Å². The summed E-state index contributed by atoms with van der Waals surface area (Å²) in [7, 11) is 1.25. The van der Waals surface area contributed by atoms with Gasteiger partial charge in [-0.25, -0.2) is 9.07 Å². The number of aromatic nitrogens is 2. The maximum absolute atomic E-state index is 13.0. The van der Waals surface area contributed by atoms with Gasteiger partial charge in [0.15, 0.2) is 0 Å². The largest absolute Gasteiger partial charge is 0.495 e. The van der Waals surface area contributed by atoms with Gasteiger partial charge in [0.2, 0.25) is 0 Å². The van der Waals surface area contributed by atoms with Crippen LogP contribution in [0, 0.1) is 5.82 Å². The highest BCUT2D eigenvalue weighted by atomic mass is 19.4. The minimum atomic E-state index is -4.60. The molecule has 0 aliphatic heterocycles. The van der Waals surface area contributed by atoms with E-state index in [0.717, 1.165) is 35.0 Å². The van der Waals surface area contributed by atoms with E-state index in [1.54, 1.807) is 0 Å². The third-order valence-corrected chi connectivity index (χ3v) is 4.12. The van der Waals surface area contributed by atoms with Crippen LogP contribution in [0.4, 0.5) is 23.2 Å². The summed E-state index contributed by atoms with van der Waals surface area (Å²) in [5, 5.41) is 6.26. The summed E-state index contributed by atoms with van der Waals surface area (Å²) in [6, 6.07) is 10.3. The number of rotatable bonds is 5. The number of halogens is 4. The molecule has 1 N–H and O–H groups in total. The molecule has 0 saturated carbocycles. The van der Waals surface area contributed by atoms with Gasteiger partial charge in [0.25, 0.3) is 11.5 Å². The second-order valence-electron chi connectivity index (χ2n) is 6.21. The van der Waals surface area contributed by atoms with E-state index in [4.69, 9.17) is 4.74 Å². The van der Waals surface area contributed by atoms with Crippen molar-refractivity contribution in [2.75, 3.05) is 12.4 Å². The average molecular weight is 421 g/mol. The number of methoxy groups -OCH3 is 1. The topological polar surface area (TPSA) is 73.2 Å². The SMILES string of the molecule is COc1ccc(C(F)(F)F)cc1NC(=O)c1ccc(=O)n(Cc2ccc(F)cc2)n1. The van der Waals surface area contributed by atoms with Gasteiger partial charge in [-0.15, -0.1) is 0 Å². The Morgan fingerprint density at radius 1 is 1.10 bits per heavy atom. The first-order valence-corrected chi connectivity index (χ1v) is 8.56. The number of amides is 1. The molecule has 0 unspecified atom stereocenters.